The minimum atomic E-state index is -2.99. The largest absolute Gasteiger partial charge is 0.444 e. The van der Waals surface area contributed by atoms with Gasteiger partial charge in [-0.25, -0.2) is 13.8 Å². The molecule has 0 spiro atoms. The van der Waals surface area contributed by atoms with E-state index in [1.54, 1.807) is 18.3 Å². The summed E-state index contributed by atoms with van der Waals surface area (Å²) in [7, 11) is 0. The zero-order valence-corrected chi connectivity index (χ0v) is 10.9. The number of aromatic nitrogens is 1. The highest BCUT2D eigenvalue weighted by Gasteiger charge is 2.25. The van der Waals surface area contributed by atoms with E-state index in [9.17, 15) is 13.6 Å². The van der Waals surface area contributed by atoms with Gasteiger partial charge in [0.2, 0.25) is 5.91 Å². The third-order valence-electron chi connectivity index (χ3n) is 2.63. The van der Waals surface area contributed by atoms with E-state index in [1.807, 2.05) is 12.1 Å². The second-order valence-electron chi connectivity index (χ2n) is 4.59. The summed E-state index contributed by atoms with van der Waals surface area (Å²) in [5.41, 5.74) is 1.68. The van der Waals surface area contributed by atoms with E-state index in [0.717, 1.165) is 18.1 Å². The summed E-state index contributed by atoms with van der Waals surface area (Å²) in [6.07, 6.45) is 2.14. The van der Waals surface area contributed by atoms with Crippen LogP contribution in [0.5, 0.6) is 0 Å². The van der Waals surface area contributed by atoms with E-state index in [-0.39, 0.29) is 6.54 Å². The number of nitrogens with one attached hydrogen (secondary N) is 1. The zero-order chi connectivity index (χ0) is 14.6. The Morgan fingerprint density at radius 3 is 2.60 bits per heavy atom. The maximum absolute atomic E-state index is 12.6. The average molecular weight is 280 g/mol. The van der Waals surface area contributed by atoms with Crippen LogP contribution < -0.4 is 5.32 Å². The lowest BCUT2D eigenvalue weighted by molar-refractivity contribution is -0.127. The van der Waals surface area contributed by atoms with Gasteiger partial charge in [-0.1, -0.05) is 24.3 Å². The Morgan fingerprint density at radius 1 is 1.35 bits per heavy atom. The third kappa shape index (κ3) is 4.15. The molecule has 4 nitrogen and oxygen atoms in total. The topological polar surface area (TPSA) is 55.1 Å². The lowest BCUT2D eigenvalue weighted by Crippen LogP contribution is -2.28. The molecule has 0 unspecified atom stereocenters. The number of benzene rings is 1. The highest BCUT2D eigenvalue weighted by molar-refractivity contribution is 5.76. The van der Waals surface area contributed by atoms with Gasteiger partial charge in [0.05, 0.1) is 12.6 Å². The number of hydrogen-bond donors (Lipinski definition) is 1. The molecule has 2 rings (SSSR count). The van der Waals surface area contributed by atoms with Crippen LogP contribution in [0.4, 0.5) is 8.78 Å². The van der Waals surface area contributed by atoms with Gasteiger partial charge in [0, 0.05) is 12.1 Å². The van der Waals surface area contributed by atoms with Crippen LogP contribution in [0.2, 0.25) is 0 Å². The standard InChI is InChI=1S/C14H14F2N2O2/c1-14(15,16)6-13(19)18-7-10-2-4-11(5-3-10)12-8-17-9-20-12/h2-5,8-9H,6-7H2,1H3,(H,18,19). The van der Waals surface area contributed by atoms with Gasteiger partial charge in [0.25, 0.3) is 5.92 Å². The fourth-order valence-corrected chi connectivity index (χ4v) is 1.69. The first-order valence-corrected chi connectivity index (χ1v) is 6.06. The number of hydrogen-bond acceptors (Lipinski definition) is 3. The van der Waals surface area contributed by atoms with E-state index in [0.29, 0.717) is 5.76 Å². The molecule has 1 N–H and O–H groups in total. The first-order valence-electron chi connectivity index (χ1n) is 6.06. The smallest absolute Gasteiger partial charge is 0.254 e. The van der Waals surface area contributed by atoms with Crippen molar-refractivity contribution >= 4 is 5.91 Å². The van der Waals surface area contributed by atoms with E-state index in [1.165, 1.54) is 6.39 Å². The Hall–Kier alpha value is -2.24. The Balaban J connectivity index is 1.90. The third-order valence-corrected chi connectivity index (χ3v) is 2.63. The first kappa shape index (κ1) is 14.2. The Morgan fingerprint density at radius 2 is 2.05 bits per heavy atom. The fraction of sp³-hybridized carbons (Fsp3) is 0.286. The second-order valence-corrected chi connectivity index (χ2v) is 4.59. The molecule has 106 valence electrons. The van der Waals surface area contributed by atoms with Crippen LogP contribution in [0, 0.1) is 0 Å². The van der Waals surface area contributed by atoms with Gasteiger partial charge in [-0.3, -0.25) is 4.79 Å². The molecule has 2 aromatic rings. The number of oxazole rings is 1. The van der Waals surface area contributed by atoms with Crippen molar-refractivity contribution in [2.45, 2.75) is 25.8 Å². The van der Waals surface area contributed by atoms with Crippen LogP contribution in [0.3, 0.4) is 0 Å². The quantitative estimate of drug-likeness (QED) is 0.916. The van der Waals surface area contributed by atoms with Crippen molar-refractivity contribution in [3.8, 4) is 11.3 Å². The molecule has 0 atom stereocenters. The van der Waals surface area contributed by atoms with Gasteiger partial charge in [-0.05, 0) is 12.5 Å². The summed E-state index contributed by atoms with van der Waals surface area (Å²) in [5, 5.41) is 2.46. The molecule has 1 amide bonds. The highest BCUT2D eigenvalue weighted by atomic mass is 19.3. The van der Waals surface area contributed by atoms with Crippen molar-refractivity contribution in [2.24, 2.45) is 0 Å². The van der Waals surface area contributed by atoms with Gasteiger partial charge >= 0.3 is 0 Å². The van der Waals surface area contributed by atoms with Gasteiger partial charge in [0.1, 0.15) is 0 Å². The number of rotatable bonds is 5. The maximum atomic E-state index is 12.6. The highest BCUT2D eigenvalue weighted by Crippen LogP contribution is 2.19. The number of alkyl halides is 2. The summed E-state index contributed by atoms with van der Waals surface area (Å²) in [5.74, 6) is -3.01. The van der Waals surface area contributed by atoms with Gasteiger partial charge < -0.3 is 9.73 Å². The van der Waals surface area contributed by atoms with E-state index < -0.39 is 18.3 Å². The van der Waals surface area contributed by atoms with Crippen LogP contribution in [0.1, 0.15) is 18.9 Å². The number of halogens is 2. The predicted molar refractivity (Wildman–Crippen MR) is 69.0 cm³/mol. The Labute approximate surface area is 114 Å². The minimum absolute atomic E-state index is 0.214. The predicted octanol–water partition coefficient (Wildman–Crippen LogP) is 3.00. The molecular formula is C14H14F2N2O2. The molecule has 20 heavy (non-hydrogen) atoms. The molecule has 0 radical (unpaired) electrons. The fourth-order valence-electron chi connectivity index (χ4n) is 1.69. The number of nitrogens with zero attached hydrogens (tertiary/aromatic N) is 1. The molecule has 0 saturated carbocycles. The van der Waals surface area contributed by atoms with Gasteiger partial charge in [-0.15, -0.1) is 0 Å². The van der Waals surface area contributed by atoms with Gasteiger partial charge in [-0.2, -0.15) is 0 Å². The van der Waals surface area contributed by atoms with Crippen molar-refractivity contribution in [3.05, 3.63) is 42.4 Å². The van der Waals surface area contributed by atoms with Crippen molar-refractivity contribution in [2.75, 3.05) is 0 Å². The molecule has 0 saturated heterocycles. The molecule has 0 aliphatic rings. The second kappa shape index (κ2) is 5.81. The Kier molecular flexibility index (Phi) is 4.12. The zero-order valence-electron chi connectivity index (χ0n) is 10.9. The van der Waals surface area contributed by atoms with E-state index in [4.69, 9.17) is 4.42 Å². The van der Waals surface area contributed by atoms with Crippen LogP contribution in [0.15, 0.2) is 41.3 Å². The van der Waals surface area contributed by atoms with Gasteiger partial charge in [0.15, 0.2) is 12.2 Å². The lowest BCUT2D eigenvalue weighted by Gasteiger charge is -2.10. The summed E-state index contributed by atoms with van der Waals surface area (Å²) >= 11 is 0. The van der Waals surface area contributed by atoms with Crippen LogP contribution in [-0.2, 0) is 11.3 Å². The summed E-state index contributed by atoms with van der Waals surface area (Å²) in [4.78, 5) is 15.1. The number of carbonyl (C=O) groups is 1. The van der Waals surface area contributed by atoms with E-state index in [2.05, 4.69) is 10.3 Å². The maximum Gasteiger partial charge on any atom is 0.254 e. The Bertz CT molecular complexity index is 560. The monoisotopic (exact) mass is 280 g/mol. The summed E-state index contributed by atoms with van der Waals surface area (Å²) in [6, 6.07) is 7.22. The SMILES string of the molecule is CC(F)(F)CC(=O)NCc1ccc(-c2cnco2)cc1. The summed E-state index contributed by atoms with van der Waals surface area (Å²) < 4.78 is 30.4. The lowest BCUT2D eigenvalue weighted by atomic mass is 10.1. The number of amides is 1. The first-order chi connectivity index (χ1) is 9.44. The molecule has 0 bridgehead atoms. The molecule has 0 aliphatic carbocycles. The molecule has 1 aromatic heterocycles. The molecular weight excluding hydrogens is 266 g/mol. The number of carbonyl (C=O) groups excluding carboxylic acids is 1. The van der Waals surface area contributed by atoms with Crippen LogP contribution >= 0.6 is 0 Å². The average Bonchev–Trinajstić information content (AvgIpc) is 2.89. The molecule has 6 heteroatoms. The summed E-state index contributed by atoms with van der Waals surface area (Å²) in [6.45, 7) is 0.935. The van der Waals surface area contributed by atoms with Crippen molar-refractivity contribution in [1.29, 1.82) is 0 Å². The van der Waals surface area contributed by atoms with E-state index >= 15 is 0 Å². The van der Waals surface area contributed by atoms with Crippen LogP contribution in [0.25, 0.3) is 11.3 Å². The molecule has 1 aromatic carbocycles. The molecule has 0 aliphatic heterocycles. The minimum Gasteiger partial charge on any atom is -0.444 e. The van der Waals surface area contributed by atoms with Crippen molar-refractivity contribution in [3.63, 3.8) is 0 Å². The van der Waals surface area contributed by atoms with Crippen LogP contribution in [-0.4, -0.2) is 16.8 Å². The van der Waals surface area contributed by atoms with Crippen molar-refractivity contribution < 1.29 is 18.0 Å². The normalized spacial score (nSPS) is 11.3. The molecule has 1 heterocycles. The molecule has 0 fully saturated rings. The van der Waals surface area contributed by atoms with Crippen molar-refractivity contribution in [1.82, 2.24) is 10.3 Å².